The van der Waals surface area contributed by atoms with E-state index in [1.54, 1.807) is 6.07 Å². The molecule has 0 aromatic carbocycles. The van der Waals surface area contributed by atoms with E-state index in [2.05, 4.69) is 15.5 Å². The third-order valence-corrected chi connectivity index (χ3v) is 1.94. The van der Waals surface area contributed by atoms with Gasteiger partial charge in [-0.25, -0.2) is 0 Å². The smallest absolute Gasteiger partial charge is 0.269 e. The number of carbonyl (C=O) groups is 1. The summed E-state index contributed by atoms with van der Waals surface area (Å²) in [4.78, 5) is 10.7. The van der Waals surface area contributed by atoms with Crippen LogP contribution >= 0.6 is 0 Å². The van der Waals surface area contributed by atoms with Crippen LogP contribution in [0.1, 0.15) is 24.3 Å². The highest BCUT2D eigenvalue weighted by atomic mass is 16.5. The van der Waals surface area contributed by atoms with Crippen molar-refractivity contribution in [1.82, 2.24) is 10.2 Å². The summed E-state index contributed by atoms with van der Waals surface area (Å²) in [5, 5.41) is 10.5. The lowest BCUT2D eigenvalue weighted by Crippen LogP contribution is -2.21. The molecule has 1 atom stereocenters. The van der Waals surface area contributed by atoms with Crippen molar-refractivity contribution in [3.05, 3.63) is 17.8 Å². The van der Waals surface area contributed by atoms with E-state index in [4.69, 9.17) is 10.5 Å². The molecule has 1 aromatic rings. The minimum atomic E-state index is -0.582. The summed E-state index contributed by atoms with van der Waals surface area (Å²) in [5.41, 5.74) is 5.20. The number of hydrogen-bond donors (Lipinski definition) is 2. The van der Waals surface area contributed by atoms with Crippen LogP contribution in [0.3, 0.4) is 0 Å². The number of rotatable bonds is 6. The van der Waals surface area contributed by atoms with E-state index in [1.165, 1.54) is 6.07 Å². The van der Waals surface area contributed by atoms with Gasteiger partial charge in [0.25, 0.3) is 5.91 Å². The summed E-state index contributed by atoms with van der Waals surface area (Å²) in [6.07, 6.45) is 0.0996. The molecule has 1 rings (SSSR count). The van der Waals surface area contributed by atoms with Crippen LogP contribution < -0.4 is 11.1 Å². The number of primary amides is 1. The van der Waals surface area contributed by atoms with Gasteiger partial charge in [-0.3, -0.25) is 4.79 Å². The van der Waals surface area contributed by atoms with Crippen LogP contribution in [-0.4, -0.2) is 35.4 Å². The highest BCUT2D eigenvalue weighted by Crippen LogP contribution is 2.02. The molecule has 0 aliphatic rings. The minimum Gasteiger partial charge on any atom is -0.377 e. The number of ether oxygens (including phenoxy) is 1. The standard InChI is InChI=1S/C10H16N4O2/c1-3-16-7(2)6-12-9-5-4-8(10(11)15)13-14-9/h4-5,7H,3,6H2,1-2H3,(H2,11,15)(H,12,14). The van der Waals surface area contributed by atoms with Gasteiger partial charge in [0.05, 0.1) is 6.10 Å². The van der Waals surface area contributed by atoms with Gasteiger partial charge in [0.15, 0.2) is 5.69 Å². The molecule has 0 fully saturated rings. The molecule has 6 nitrogen and oxygen atoms in total. The second-order valence-corrected chi connectivity index (χ2v) is 3.31. The molecule has 3 N–H and O–H groups in total. The van der Waals surface area contributed by atoms with Gasteiger partial charge in [-0.2, -0.15) is 0 Å². The fraction of sp³-hybridized carbons (Fsp3) is 0.500. The Bertz CT molecular complexity index is 339. The maximum atomic E-state index is 10.7. The van der Waals surface area contributed by atoms with Crippen molar-refractivity contribution in [3.63, 3.8) is 0 Å². The van der Waals surface area contributed by atoms with E-state index in [0.29, 0.717) is 19.0 Å². The van der Waals surface area contributed by atoms with Crippen molar-refractivity contribution < 1.29 is 9.53 Å². The molecule has 1 heterocycles. The molecule has 16 heavy (non-hydrogen) atoms. The maximum Gasteiger partial charge on any atom is 0.269 e. The van der Waals surface area contributed by atoms with Crippen LogP contribution in [-0.2, 0) is 4.74 Å². The Morgan fingerprint density at radius 2 is 2.31 bits per heavy atom. The zero-order valence-corrected chi connectivity index (χ0v) is 9.43. The van der Waals surface area contributed by atoms with E-state index in [0.717, 1.165) is 0 Å². The molecule has 0 saturated carbocycles. The monoisotopic (exact) mass is 224 g/mol. The number of hydrogen-bond acceptors (Lipinski definition) is 5. The lowest BCUT2D eigenvalue weighted by Gasteiger charge is -2.12. The molecule has 1 amide bonds. The molecule has 6 heteroatoms. The predicted octanol–water partition coefficient (Wildman–Crippen LogP) is 0.412. The van der Waals surface area contributed by atoms with E-state index < -0.39 is 5.91 Å². The number of nitrogens with zero attached hydrogens (tertiary/aromatic N) is 2. The van der Waals surface area contributed by atoms with Crippen LogP contribution in [0, 0.1) is 0 Å². The van der Waals surface area contributed by atoms with Gasteiger partial charge in [-0.15, -0.1) is 10.2 Å². The second kappa shape index (κ2) is 6.02. The van der Waals surface area contributed by atoms with E-state index in [1.807, 2.05) is 13.8 Å². The third kappa shape index (κ3) is 3.82. The van der Waals surface area contributed by atoms with Gasteiger partial charge in [0.1, 0.15) is 5.82 Å². The zero-order valence-electron chi connectivity index (χ0n) is 9.43. The summed E-state index contributed by atoms with van der Waals surface area (Å²) in [6, 6.07) is 3.19. The summed E-state index contributed by atoms with van der Waals surface area (Å²) in [5.74, 6) is 0.0123. The Hall–Kier alpha value is -1.69. The van der Waals surface area contributed by atoms with E-state index >= 15 is 0 Å². The number of aromatic nitrogens is 2. The lowest BCUT2D eigenvalue weighted by molar-refractivity contribution is 0.0854. The average Bonchev–Trinajstić information content (AvgIpc) is 2.27. The molecular weight excluding hydrogens is 208 g/mol. The van der Waals surface area contributed by atoms with Gasteiger partial charge in [0.2, 0.25) is 0 Å². The maximum absolute atomic E-state index is 10.7. The van der Waals surface area contributed by atoms with Gasteiger partial charge >= 0.3 is 0 Å². The quantitative estimate of drug-likeness (QED) is 0.730. The lowest BCUT2D eigenvalue weighted by atomic mass is 10.3. The first-order chi connectivity index (χ1) is 7.63. The Morgan fingerprint density at radius 1 is 1.56 bits per heavy atom. The molecule has 0 radical (unpaired) electrons. The highest BCUT2D eigenvalue weighted by Gasteiger charge is 2.04. The SMILES string of the molecule is CCOC(C)CNc1ccc(C(N)=O)nn1. The summed E-state index contributed by atoms with van der Waals surface area (Å²) < 4.78 is 5.34. The van der Waals surface area contributed by atoms with Gasteiger partial charge in [-0.1, -0.05) is 0 Å². The van der Waals surface area contributed by atoms with Crippen LogP contribution in [0.25, 0.3) is 0 Å². The molecule has 1 unspecified atom stereocenters. The fourth-order valence-electron chi connectivity index (χ4n) is 1.15. The number of carbonyl (C=O) groups excluding carboxylic acids is 1. The van der Waals surface area contributed by atoms with Crippen molar-refractivity contribution >= 4 is 11.7 Å². The number of nitrogens with one attached hydrogen (secondary N) is 1. The molecule has 0 bridgehead atoms. The normalized spacial score (nSPS) is 12.1. The first-order valence-corrected chi connectivity index (χ1v) is 5.12. The van der Waals surface area contributed by atoms with Crippen molar-refractivity contribution in [1.29, 1.82) is 0 Å². The van der Waals surface area contributed by atoms with E-state index in [9.17, 15) is 4.79 Å². The van der Waals surface area contributed by atoms with Crippen molar-refractivity contribution in [2.45, 2.75) is 20.0 Å². The average molecular weight is 224 g/mol. The number of anilines is 1. The Balaban J connectivity index is 2.46. The largest absolute Gasteiger partial charge is 0.377 e. The van der Waals surface area contributed by atoms with E-state index in [-0.39, 0.29) is 11.8 Å². The topological polar surface area (TPSA) is 90.1 Å². The van der Waals surface area contributed by atoms with Crippen LogP contribution in [0.5, 0.6) is 0 Å². The number of amides is 1. The summed E-state index contributed by atoms with van der Waals surface area (Å²) >= 11 is 0. The minimum absolute atomic E-state index is 0.0996. The Morgan fingerprint density at radius 3 is 2.81 bits per heavy atom. The number of nitrogens with two attached hydrogens (primary N) is 1. The van der Waals surface area contributed by atoms with Crippen LogP contribution in [0.2, 0.25) is 0 Å². The van der Waals surface area contributed by atoms with Gasteiger partial charge < -0.3 is 15.8 Å². The predicted molar refractivity (Wildman–Crippen MR) is 60.1 cm³/mol. The molecule has 88 valence electrons. The zero-order chi connectivity index (χ0) is 12.0. The highest BCUT2D eigenvalue weighted by molar-refractivity contribution is 5.90. The molecule has 0 saturated heterocycles. The van der Waals surface area contributed by atoms with Crippen molar-refractivity contribution in [2.75, 3.05) is 18.5 Å². The summed E-state index contributed by atoms with van der Waals surface area (Å²) in [7, 11) is 0. The Labute approximate surface area is 94.2 Å². The third-order valence-electron chi connectivity index (χ3n) is 1.94. The van der Waals surface area contributed by atoms with Crippen molar-refractivity contribution in [3.8, 4) is 0 Å². The van der Waals surface area contributed by atoms with Crippen LogP contribution in [0.4, 0.5) is 5.82 Å². The summed E-state index contributed by atoms with van der Waals surface area (Å²) in [6.45, 7) is 5.22. The van der Waals surface area contributed by atoms with Gasteiger partial charge in [0, 0.05) is 13.2 Å². The Kier molecular flexibility index (Phi) is 4.65. The molecule has 0 spiro atoms. The molecular formula is C10H16N4O2. The second-order valence-electron chi connectivity index (χ2n) is 3.31. The van der Waals surface area contributed by atoms with Crippen molar-refractivity contribution in [2.24, 2.45) is 5.73 Å². The first kappa shape index (κ1) is 12.4. The first-order valence-electron chi connectivity index (χ1n) is 5.12. The van der Waals surface area contributed by atoms with Crippen LogP contribution in [0.15, 0.2) is 12.1 Å². The molecule has 0 aliphatic carbocycles. The molecule has 1 aromatic heterocycles. The fourth-order valence-corrected chi connectivity index (χ4v) is 1.15. The molecule has 0 aliphatic heterocycles. The van der Waals surface area contributed by atoms with Gasteiger partial charge in [-0.05, 0) is 26.0 Å².